The fourth-order valence-corrected chi connectivity index (χ4v) is 0.838. The Kier molecular flexibility index (Phi) is 2.32. The Labute approximate surface area is 69.5 Å². The SMILES string of the molecule is CCc1nnc(C)nc1C(=O)O. The second kappa shape index (κ2) is 3.25. The molecule has 0 spiro atoms. The van der Waals surface area contributed by atoms with Crippen LogP contribution in [0.15, 0.2) is 0 Å². The molecule has 0 saturated carbocycles. The van der Waals surface area contributed by atoms with Crippen molar-refractivity contribution in [3.63, 3.8) is 0 Å². The summed E-state index contributed by atoms with van der Waals surface area (Å²) in [5.74, 6) is -0.672. The molecule has 5 nitrogen and oxygen atoms in total. The van der Waals surface area contributed by atoms with E-state index in [2.05, 4.69) is 15.2 Å². The first-order valence-electron chi connectivity index (χ1n) is 3.58. The summed E-state index contributed by atoms with van der Waals surface area (Å²) >= 11 is 0. The third kappa shape index (κ3) is 1.55. The van der Waals surface area contributed by atoms with Gasteiger partial charge in [0.2, 0.25) is 0 Å². The molecule has 5 heteroatoms. The average Bonchev–Trinajstić information content (AvgIpc) is 2.04. The number of carboxylic acid groups (broad SMARTS) is 1. The van der Waals surface area contributed by atoms with E-state index >= 15 is 0 Å². The van der Waals surface area contributed by atoms with Gasteiger partial charge in [0, 0.05) is 0 Å². The Bertz CT molecular complexity index is 312. The van der Waals surface area contributed by atoms with Crippen molar-refractivity contribution in [3.05, 3.63) is 17.2 Å². The summed E-state index contributed by atoms with van der Waals surface area (Å²) < 4.78 is 0. The van der Waals surface area contributed by atoms with Crippen LogP contribution in [-0.4, -0.2) is 26.3 Å². The maximum Gasteiger partial charge on any atom is 0.356 e. The van der Waals surface area contributed by atoms with Crippen molar-refractivity contribution in [1.82, 2.24) is 15.2 Å². The molecule has 0 aliphatic carbocycles. The minimum absolute atomic E-state index is 0.00463. The van der Waals surface area contributed by atoms with Crippen LogP contribution in [-0.2, 0) is 6.42 Å². The zero-order valence-corrected chi connectivity index (χ0v) is 6.90. The second-order valence-electron chi connectivity index (χ2n) is 2.31. The van der Waals surface area contributed by atoms with E-state index in [9.17, 15) is 4.79 Å². The summed E-state index contributed by atoms with van der Waals surface area (Å²) in [6.45, 7) is 3.42. The lowest BCUT2D eigenvalue weighted by Gasteiger charge is -1.99. The highest BCUT2D eigenvalue weighted by Crippen LogP contribution is 2.02. The number of carbonyl (C=O) groups is 1. The van der Waals surface area contributed by atoms with E-state index in [0.717, 1.165) is 0 Å². The molecule has 0 bridgehead atoms. The van der Waals surface area contributed by atoms with Crippen LogP contribution in [0.1, 0.15) is 28.9 Å². The lowest BCUT2D eigenvalue weighted by Crippen LogP contribution is -2.10. The van der Waals surface area contributed by atoms with E-state index in [4.69, 9.17) is 5.11 Å². The standard InChI is InChI=1S/C7H9N3O2/c1-3-5-6(7(11)12)8-4(2)9-10-5/h3H2,1-2H3,(H,11,12). The second-order valence-corrected chi connectivity index (χ2v) is 2.31. The number of hydrogen-bond acceptors (Lipinski definition) is 4. The fraction of sp³-hybridized carbons (Fsp3) is 0.429. The smallest absolute Gasteiger partial charge is 0.356 e. The molecule has 1 aromatic heterocycles. The van der Waals surface area contributed by atoms with Crippen LogP contribution in [0.3, 0.4) is 0 Å². The van der Waals surface area contributed by atoms with E-state index < -0.39 is 5.97 Å². The van der Waals surface area contributed by atoms with Gasteiger partial charge in [0.05, 0.1) is 5.69 Å². The van der Waals surface area contributed by atoms with Gasteiger partial charge in [0.25, 0.3) is 0 Å². The topological polar surface area (TPSA) is 76.0 Å². The molecule has 1 rings (SSSR count). The van der Waals surface area contributed by atoms with Crippen LogP contribution >= 0.6 is 0 Å². The minimum Gasteiger partial charge on any atom is -0.476 e. The summed E-state index contributed by atoms with van der Waals surface area (Å²) in [5, 5.41) is 16.1. The minimum atomic E-state index is -1.05. The fourth-order valence-electron chi connectivity index (χ4n) is 0.838. The number of nitrogens with zero attached hydrogens (tertiary/aromatic N) is 3. The average molecular weight is 167 g/mol. The first kappa shape index (κ1) is 8.58. The molecule has 0 aromatic carbocycles. The van der Waals surface area contributed by atoms with E-state index in [1.165, 1.54) is 0 Å². The molecule has 0 atom stereocenters. The van der Waals surface area contributed by atoms with Crippen molar-refractivity contribution in [1.29, 1.82) is 0 Å². The maximum atomic E-state index is 10.6. The van der Waals surface area contributed by atoms with E-state index in [0.29, 0.717) is 17.9 Å². The van der Waals surface area contributed by atoms with Gasteiger partial charge < -0.3 is 5.11 Å². The van der Waals surface area contributed by atoms with Gasteiger partial charge >= 0.3 is 5.97 Å². The molecule has 0 unspecified atom stereocenters. The first-order valence-corrected chi connectivity index (χ1v) is 3.58. The number of aryl methyl sites for hydroxylation is 2. The number of hydrogen-bond donors (Lipinski definition) is 1. The molecule has 0 saturated heterocycles. The van der Waals surface area contributed by atoms with Crippen LogP contribution in [0.2, 0.25) is 0 Å². The third-order valence-corrected chi connectivity index (χ3v) is 1.40. The summed E-state index contributed by atoms with van der Waals surface area (Å²) in [5.41, 5.74) is 0.429. The Balaban J connectivity index is 3.21. The predicted octanol–water partition coefficient (Wildman–Crippen LogP) is 0.441. The summed E-state index contributed by atoms with van der Waals surface area (Å²) in [4.78, 5) is 14.4. The molecule has 1 aromatic rings. The van der Waals surface area contributed by atoms with E-state index in [1.807, 2.05) is 6.92 Å². The Hall–Kier alpha value is -1.52. The van der Waals surface area contributed by atoms with Crippen LogP contribution in [0.5, 0.6) is 0 Å². The van der Waals surface area contributed by atoms with Crippen LogP contribution in [0.25, 0.3) is 0 Å². The summed E-state index contributed by atoms with van der Waals surface area (Å²) in [6.07, 6.45) is 0.530. The summed E-state index contributed by atoms with van der Waals surface area (Å²) in [7, 11) is 0. The molecule has 1 N–H and O–H groups in total. The molecular weight excluding hydrogens is 158 g/mol. The number of rotatable bonds is 2. The van der Waals surface area contributed by atoms with Crippen molar-refractivity contribution >= 4 is 5.97 Å². The highest BCUT2D eigenvalue weighted by atomic mass is 16.4. The molecule has 1 heterocycles. The summed E-state index contributed by atoms with van der Waals surface area (Å²) in [6, 6.07) is 0. The van der Waals surface area contributed by atoms with Crippen molar-refractivity contribution in [2.45, 2.75) is 20.3 Å². The van der Waals surface area contributed by atoms with Gasteiger partial charge in [0.1, 0.15) is 5.82 Å². The predicted molar refractivity (Wildman–Crippen MR) is 40.9 cm³/mol. The van der Waals surface area contributed by atoms with Gasteiger partial charge in [-0.3, -0.25) is 0 Å². The first-order chi connectivity index (χ1) is 5.65. The molecule has 0 radical (unpaired) electrons. The van der Waals surface area contributed by atoms with Crippen molar-refractivity contribution in [2.24, 2.45) is 0 Å². The zero-order valence-electron chi connectivity index (χ0n) is 6.90. The zero-order chi connectivity index (χ0) is 9.14. The number of aromatic nitrogens is 3. The quantitative estimate of drug-likeness (QED) is 0.691. The van der Waals surface area contributed by atoms with Crippen molar-refractivity contribution in [3.8, 4) is 0 Å². The Morgan fingerprint density at radius 2 is 2.17 bits per heavy atom. The normalized spacial score (nSPS) is 9.83. The Morgan fingerprint density at radius 1 is 1.50 bits per heavy atom. The van der Waals surface area contributed by atoms with Crippen LogP contribution < -0.4 is 0 Å². The van der Waals surface area contributed by atoms with Crippen molar-refractivity contribution < 1.29 is 9.90 Å². The molecule has 0 aliphatic rings. The van der Waals surface area contributed by atoms with E-state index in [-0.39, 0.29) is 5.69 Å². The van der Waals surface area contributed by atoms with Gasteiger partial charge in [-0.2, -0.15) is 5.10 Å². The lowest BCUT2D eigenvalue weighted by atomic mass is 10.2. The number of aromatic carboxylic acids is 1. The van der Waals surface area contributed by atoms with Crippen LogP contribution in [0, 0.1) is 6.92 Å². The molecule has 0 fully saturated rings. The third-order valence-electron chi connectivity index (χ3n) is 1.40. The number of carboxylic acids is 1. The maximum absolute atomic E-state index is 10.6. The van der Waals surface area contributed by atoms with Gasteiger partial charge in [-0.15, -0.1) is 5.10 Å². The molecule has 12 heavy (non-hydrogen) atoms. The van der Waals surface area contributed by atoms with E-state index in [1.54, 1.807) is 6.92 Å². The molecule has 0 amide bonds. The van der Waals surface area contributed by atoms with Gasteiger partial charge in [0.15, 0.2) is 5.69 Å². The lowest BCUT2D eigenvalue weighted by molar-refractivity contribution is 0.0687. The monoisotopic (exact) mass is 167 g/mol. The van der Waals surface area contributed by atoms with Crippen molar-refractivity contribution in [2.75, 3.05) is 0 Å². The van der Waals surface area contributed by atoms with Gasteiger partial charge in [-0.25, -0.2) is 9.78 Å². The molecule has 0 aliphatic heterocycles. The van der Waals surface area contributed by atoms with Gasteiger partial charge in [-0.1, -0.05) is 6.92 Å². The highest BCUT2D eigenvalue weighted by molar-refractivity contribution is 5.86. The van der Waals surface area contributed by atoms with Gasteiger partial charge in [-0.05, 0) is 13.3 Å². The highest BCUT2D eigenvalue weighted by Gasteiger charge is 2.12. The molecule has 64 valence electrons. The molecular formula is C7H9N3O2. The van der Waals surface area contributed by atoms with Crippen LogP contribution in [0.4, 0.5) is 0 Å². The largest absolute Gasteiger partial charge is 0.476 e. The Morgan fingerprint density at radius 3 is 2.67 bits per heavy atom.